The van der Waals surface area contributed by atoms with Crippen LogP contribution in [-0.4, -0.2) is 143 Å². The predicted octanol–water partition coefficient (Wildman–Crippen LogP) is 1.59. The highest BCUT2D eigenvalue weighted by molar-refractivity contribution is 7.56. The van der Waals surface area contributed by atoms with Crippen molar-refractivity contribution in [2.45, 2.75) is 51.3 Å². The maximum Gasteiger partial charge on any atom is 0.345 e. The van der Waals surface area contributed by atoms with Gasteiger partial charge in [0.05, 0.1) is 56.6 Å². The van der Waals surface area contributed by atoms with Gasteiger partial charge in [-0.05, 0) is 49.0 Å². The van der Waals surface area contributed by atoms with Crippen LogP contribution >= 0.6 is 15.2 Å². The van der Waals surface area contributed by atoms with E-state index in [-0.39, 0.29) is 50.0 Å². The molecule has 0 bridgehead atoms. The fourth-order valence-electron chi connectivity index (χ4n) is 5.06. The van der Waals surface area contributed by atoms with Crippen molar-refractivity contribution in [1.82, 2.24) is 24.2 Å². The Bertz CT molecular complexity index is 774. The van der Waals surface area contributed by atoms with Gasteiger partial charge in [0.25, 0.3) is 7.52 Å². The smallest absolute Gasteiger partial charge is 0.345 e. The Morgan fingerprint density at radius 3 is 2.14 bits per heavy atom. The lowest BCUT2D eigenvalue weighted by Crippen LogP contribution is -2.48. The number of hydrogen-bond acceptors (Lipinski definition) is 9. The van der Waals surface area contributed by atoms with Gasteiger partial charge in [-0.3, -0.25) is 9.13 Å². The molecule has 12 nitrogen and oxygen atoms in total. The maximum absolute atomic E-state index is 13.9. The van der Waals surface area contributed by atoms with Crippen LogP contribution in [0.3, 0.4) is 0 Å². The summed E-state index contributed by atoms with van der Waals surface area (Å²) in [6.45, 7) is 10.3. The van der Waals surface area contributed by atoms with Gasteiger partial charge in [-0.1, -0.05) is 0 Å². The van der Waals surface area contributed by atoms with Gasteiger partial charge in [-0.15, -0.1) is 0 Å². The van der Waals surface area contributed by atoms with E-state index in [9.17, 15) is 9.13 Å². The van der Waals surface area contributed by atoms with Crippen molar-refractivity contribution in [1.29, 1.82) is 0 Å². The van der Waals surface area contributed by atoms with E-state index in [4.69, 9.17) is 23.3 Å². The molecule has 14 heteroatoms. The highest BCUT2D eigenvalue weighted by Gasteiger charge is 2.42. The average molecular weight is 556 g/mol. The molecule has 0 aliphatic carbocycles. The van der Waals surface area contributed by atoms with Gasteiger partial charge >= 0.3 is 7.67 Å². The highest BCUT2D eigenvalue weighted by atomic mass is 31.2. The van der Waals surface area contributed by atoms with Crippen LogP contribution in [0.5, 0.6) is 0 Å². The first-order valence-electron chi connectivity index (χ1n) is 12.9. The third-order valence-electron chi connectivity index (χ3n) is 6.57. The number of rotatable bonds is 11. The van der Waals surface area contributed by atoms with Crippen molar-refractivity contribution >= 4 is 15.2 Å². The zero-order chi connectivity index (χ0) is 26.5. The van der Waals surface area contributed by atoms with Gasteiger partial charge in [0.15, 0.2) is 0 Å². The van der Waals surface area contributed by atoms with E-state index in [1.807, 2.05) is 30.1 Å². The minimum Gasteiger partial charge on any atom is -0.373 e. The SMILES string of the molecule is CNCP(=O)(OCC1CN(C)CC(C)O1)N1CCOC(COP(=O)(N(C)C)N2CC(C)OC(C)C2)C1. The molecule has 3 rings (SSSR count). The number of ether oxygens (including phenoxy) is 3. The van der Waals surface area contributed by atoms with E-state index < -0.39 is 15.2 Å². The Hall–Kier alpha value is 0.0600. The van der Waals surface area contributed by atoms with E-state index >= 15 is 0 Å². The Morgan fingerprint density at radius 1 is 0.889 bits per heavy atom. The molecule has 0 spiro atoms. The Kier molecular flexibility index (Phi) is 11.4. The molecule has 36 heavy (non-hydrogen) atoms. The second kappa shape index (κ2) is 13.4. The molecule has 212 valence electrons. The number of nitrogens with zero attached hydrogens (tertiary/aromatic N) is 4. The molecule has 1 N–H and O–H groups in total. The Balaban J connectivity index is 1.61. The molecular formula is C22H47N5O7P2. The number of hydrogen-bond donors (Lipinski definition) is 1. The van der Waals surface area contributed by atoms with Crippen LogP contribution in [-0.2, 0) is 32.4 Å². The van der Waals surface area contributed by atoms with Gasteiger partial charge < -0.3 is 33.5 Å². The van der Waals surface area contributed by atoms with Crippen LogP contribution in [0.15, 0.2) is 0 Å². The fraction of sp³-hybridized carbons (Fsp3) is 1.00. The summed E-state index contributed by atoms with van der Waals surface area (Å²) < 4.78 is 63.1. The molecule has 3 heterocycles. The zero-order valence-corrected chi connectivity index (χ0v) is 24.8. The summed E-state index contributed by atoms with van der Waals surface area (Å²) in [5.41, 5.74) is 0. The van der Waals surface area contributed by atoms with Gasteiger partial charge in [-0.25, -0.2) is 14.0 Å². The lowest BCUT2D eigenvalue weighted by atomic mass is 10.2. The fourth-order valence-corrected chi connectivity index (χ4v) is 9.27. The van der Waals surface area contributed by atoms with Gasteiger partial charge in [0.2, 0.25) is 0 Å². The van der Waals surface area contributed by atoms with Crippen LogP contribution in [0.25, 0.3) is 0 Å². The monoisotopic (exact) mass is 555 g/mol. The molecule has 0 aromatic carbocycles. The standard InChI is InChI=1S/C22H47N5O7P2/c1-18-10-25(7)13-22(34-18)16-31-35(28,17-23-4)26-8-9-30-21(14-26)15-32-36(29,24(5)6)27-11-19(2)33-20(3)12-27/h18-23H,8-17H2,1-7H3. The summed E-state index contributed by atoms with van der Waals surface area (Å²) in [7, 11) is 0.893. The summed E-state index contributed by atoms with van der Waals surface area (Å²) in [5.74, 6) is 0. The molecular weight excluding hydrogens is 508 g/mol. The summed E-state index contributed by atoms with van der Waals surface area (Å²) in [5, 5.41) is 3.03. The van der Waals surface area contributed by atoms with Crippen LogP contribution in [0, 0.1) is 0 Å². The third-order valence-corrected chi connectivity index (χ3v) is 11.6. The number of likely N-dealkylation sites (N-methyl/N-ethyl adjacent to an activating group) is 1. The summed E-state index contributed by atoms with van der Waals surface area (Å²) in [6.07, 6.45) is -0.253. The van der Waals surface area contributed by atoms with Crippen molar-refractivity contribution in [2.24, 2.45) is 0 Å². The minimum atomic E-state index is -3.27. The van der Waals surface area contributed by atoms with E-state index in [0.717, 1.165) is 13.1 Å². The summed E-state index contributed by atoms with van der Waals surface area (Å²) >= 11 is 0. The molecule has 0 saturated carbocycles. The molecule has 3 saturated heterocycles. The van der Waals surface area contributed by atoms with Gasteiger partial charge in [0, 0.05) is 39.3 Å². The third kappa shape index (κ3) is 8.04. The molecule has 0 radical (unpaired) electrons. The van der Waals surface area contributed by atoms with Crippen LogP contribution in [0.4, 0.5) is 0 Å². The van der Waals surface area contributed by atoms with E-state index in [0.29, 0.717) is 32.8 Å². The summed E-state index contributed by atoms with van der Waals surface area (Å²) in [6, 6.07) is 0. The zero-order valence-electron chi connectivity index (χ0n) is 23.0. The van der Waals surface area contributed by atoms with E-state index in [2.05, 4.69) is 17.3 Å². The molecule has 0 aromatic rings. The molecule has 7 atom stereocenters. The average Bonchev–Trinajstić information content (AvgIpc) is 2.80. The molecule has 3 aliphatic rings. The second-order valence-corrected chi connectivity index (χ2v) is 15.4. The quantitative estimate of drug-likeness (QED) is 0.375. The second-order valence-electron chi connectivity index (χ2n) is 10.4. The lowest BCUT2D eigenvalue weighted by Gasteiger charge is -2.42. The largest absolute Gasteiger partial charge is 0.373 e. The maximum atomic E-state index is 13.9. The Labute approximate surface area is 216 Å². The molecule has 0 aromatic heterocycles. The molecule has 7 unspecified atom stereocenters. The highest BCUT2D eigenvalue weighted by Crippen LogP contribution is 2.54. The van der Waals surface area contributed by atoms with Crippen LogP contribution < -0.4 is 5.32 Å². The molecule has 3 fully saturated rings. The van der Waals surface area contributed by atoms with E-state index in [1.165, 1.54) is 0 Å². The minimum absolute atomic E-state index is 0.0347. The van der Waals surface area contributed by atoms with Gasteiger partial charge in [0.1, 0.15) is 0 Å². The normalized spacial score (nSPS) is 34.9. The number of morpholine rings is 3. The van der Waals surface area contributed by atoms with Crippen LogP contribution in [0.1, 0.15) is 20.8 Å². The number of nitrogens with one attached hydrogen (secondary N) is 1. The van der Waals surface area contributed by atoms with Crippen molar-refractivity contribution in [3.05, 3.63) is 0 Å². The first-order valence-corrected chi connectivity index (χ1v) is 16.2. The van der Waals surface area contributed by atoms with Crippen molar-refractivity contribution in [3.8, 4) is 0 Å². The van der Waals surface area contributed by atoms with Crippen molar-refractivity contribution in [3.63, 3.8) is 0 Å². The predicted molar refractivity (Wildman–Crippen MR) is 139 cm³/mol. The van der Waals surface area contributed by atoms with Crippen molar-refractivity contribution in [2.75, 3.05) is 93.6 Å². The topological polar surface area (TPSA) is 105 Å². The molecule has 3 aliphatic heterocycles. The molecule has 0 amide bonds. The lowest BCUT2D eigenvalue weighted by molar-refractivity contribution is -0.0867. The van der Waals surface area contributed by atoms with Gasteiger partial charge in [-0.2, -0.15) is 0 Å². The van der Waals surface area contributed by atoms with Crippen LogP contribution in [0.2, 0.25) is 0 Å². The van der Waals surface area contributed by atoms with E-state index in [1.54, 1.807) is 25.8 Å². The summed E-state index contributed by atoms with van der Waals surface area (Å²) in [4.78, 5) is 2.20. The first-order chi connectivity index (χ1) is 16.9. The Morgan fingerprint density at radius 2 is 1.53 bits per heavy atom. The van der Waals surface area contributed by atoms with Crippen molar-refractivity contribution < 1.29 is 32.4 Å². The first kappa shape index (κ1) is 30.6.